The second kappa shape index (κ2) is 36.6. The fraction of sp³-hybridized carbons (Fsp3) is 0.750. The maximum Gasteiger partial charge on any atom is 0.308 e. The van der Waals surface area contributed by atoms with E-state index in [0.717, 1.165) is 0 Å². The molecule has 0 radical (unpaired) electrons. The molecule has 6 rings (SSSR count). The zero-order chi connectivity index (χ0) is 68.5. The van der Waals surface area contributed by atoms with Crippen molar-refractivity contribution in [3.05, 3.63) is 85.1 Å². The highest BCUT2D eigenvalue weighted by Crippen LogP contribution is 2.40. The van der Waals surface area contributed by atoms with Crippen molar-refractivity contribution in [1.29, 1.82) is 0 Å². The number of hydrogen-bond donors (Lipinski definition) is 18. The van der Waals surface area contributed by atoms with Crippen LogP contribution in [0.15, 0.2) is 85.1 Å². The van der Waals surface area contributed by atoms with Gasteiger partial charge in [0.1, 0.15) is 54.9 Å². The van der Waals surface area contributed by atoms with Gasteiger partial charge in [-0.25, -0.2) is 0 Å². The number of nitrogens with one attached hydrogen (secondary N) is 1. The lowest BCUT2D eigenvalue weighted by atomic mass is 9.81. The molecule has 6 aliphatic heterocycles. The molecule has 0 aliphatic carbocycles. The minimum absolute atomic E-state index is 0.148. The van der Waals surface area contributed by atoms with E-state index in [4.69, 9.17) is 33.2 Å². The van der Waals surface area contributed by atoms with E-state index in [1.807, 2.05) is 18.9 Å². The predicted octanol–water partition coefficient (Wildman–Crippen LogP) is -4.34. The Kier molecular flexibility index (Phi) is 30.8. The highest BCUT2D eigenvalue weighted by molar-refractivity contribution is 5.80. The topological polar surface area (TPSA) is 461 Å². The van der Waals surface area contributed by atoms with Crippen molar-refractivity contribution < 1.29 is 130 Å². The number of aliphatic hydroxyl groups is 17. The first kappa shape index (κ1) is 78.1. The Labute approximate surface area is 542 Å². The maximum absolute atomic E-state index is 14.6. The summed E-state index contributed by atoms with van der Waals surface area (Å²) in [6.45, 7) is 5.89. The maximum atomic E-state index is 14.6. The van der Waals surface area contributed by atoms with Gasteiger partial charge in [0.25, 0.3) is 0 Å². The van der Waals surface area contributed by atoms with E-state index in [2.05, 4.69) is 5.32 Å². The fourth-order valence-corrected chi connectivity index (χ4v) is 12.2. The lowest BCUT2D eigenvalue weighted by molar-refractivity contribution is -0.368. The molecule has 2 bridgehead atoms. The van der Waals surface area contributed by atoms with Gasteiger partial charge in [-0.05, 0) is 40.2 Å². The monoisotopic (exact) mass is 1330 g/mol. The smallest absolute Gasteiger partial charge is 0.308 e. The first-order chi connectivity index (χ1) is 44.0. The summed E-state index contributed by atoms with van der Waals surface area (Å²) in [5.41, 5.74) is 0. The molecule has 0 aromatic heterocycles. The molecule has 0 aromatic carbocycles. The van der Waals surface area contributed by atoms with Gasteiger partial charge in [-0.1, -0.05) is 98.9 Å². The van der Waals surface area contributed by atoms with E-state index in [1.54, 1.807) is 97.7 Å². The number of cyclic esters (lactones) is 1. The van der Waals surface area contributed by atoms with Crippen LogP contribution in [0.4, 0.5) is 0 Å². The molecule has 6 heterocycles. The predicted molar refractivity (Wildman–Crippen MR) is 329 cm³/mol. The third kappa shape index (κ3) is 22.3. The molecular formula is C64H103N3O26. The quantitative estimate of drug-likeness (QED) is 0.0971. The van der Waals surface area contributed by atoms with E-state index >= 15 is 0 Å². The number of fused-ring (bicyclic) bond motifs is 2. The molecule has 18 N–H and O–H groups in total. The van der Waals surface area contributed by atoms with Crippen LogP contribution in [0.5, 0.6) is 0 Å². The van der Waals surface area contributed by atoms with Crippen molar-refractivity contribution in [3.8, 4) is 0 Å². The second-order valence-electron chi connectivity index (χ2n) is 25.7. The van der Waals surface area contributed by atoms with Crippen LogP contribution in [0.1, 0.15) is 79.1 Å². The summed E-state index contributed by atoms with van der Waals surface area (Å²) < 4.78 is 40.9. The Morgan fingerprint density at radius 3 is 1.84 bits per heavy atom. The van der Waals surface area contributed by atoms with Crippen molar-refractivity contribution >= 4 is 11.9 Å². The van der Waals surface area contributed by atoms with Gasteiger partial charge in [0.05, 0.1) is 105 Å². The average Bonchev–Trinajstić information content (AvgIpc) is 0.812. The number of aliphatic hydroxyl groups excluding tert-OH is 15. The molecule has 0 spiro atoms. The van der Waals surface area contributed by atoms with Crippen LogP contribution in [-0.4, -0.2) is 314 Å². The molecule has 0 saturated carbocycles. The summed E-state index contributed by atoms with van der Waals surface area (Å²) in [7, 11) is 1.89. The van der Waals surface area contributed by atoms with Crippen molar-refractivity contribution in [2.24, 2.45) is 17.8 Å². The van der Waals surface area contributed by atoms with Gasteiger partial charge in [0.15, 0.2) is 18.4 Å². The number of esters is 1. The van der Waals surface area contributed by atoms with Gasteiger partial charge in [-0.15, -0.1) is 0 Å². The Bertz CT molecular complexity index is 2500. The van der Waals surface area contributed by atoms with E-state index < -0.39 is 221 Å². The molecule has 1 amide bonds. The fourth-order valence-electron chi connectivity index (χ4n) is 12.2. The van der Waals surface area contributed by atoms with Crippen LogP contribution in [0.3, 0.4) is 0 Å². The number of amides is 1. The number of ether oxygens (including phenoxy) is 7. The summed E-state index contributed by atoms with van der Waals surface area (Å²) in [5.74, 6) is -8.52. The minimum atomic E-state index is -2.67. The third-order valence-electron chi connectivity index (χ3n) is 18.2. The second-order valence-corrected chi connectivity index (χ2v) is 25.7. The Hall–Kier alpha value is -3.88. The average molecular weight is 1330 g/mol. The van der Waals surface area contributed by atoms with Crippen molar-refractivity contribution in [1.82, 2.24) is 15.1 Å². The van der Waals surface area contributed by atoms with Crippen LogP contribution < -0.4 is 5.32 Å². The number of allylic oxidation sites excluding steroid dienone is 12. The summed E-state index contributed by atoms with van der Waals surface area (Å²) in [4.78, 5) is 31.0. The lowest BCUT2D eigenvalue weighted by Crippen LogP contribution is -2.70. The van der Waals surface area contributed by atoms with Gasteiger partial charge in [0.2, 0.25) is 11.7 Å². The number of piperazine rings is 1. The first-order valence-electron chi connectivity index (χ1n) is 32.1. The van der Waals surface area contributed by atoms with Crippen LogP contribution in [0, 0.1) is 17.8 Å². The van der Waals surface area contributed by atoms with Gasteiger partial charge in [-0.3, -0.25) is 9.59 Å². The number of nitrogens with zero attached hydrogens (tertiary/aromatic N) is 2. The van der Waals surface area contributed by atoms with E-state index in [-0.39, 0.29) is 44.7 Å². The van der Waals surface area contributed by atoms with Crippen LogP contribution in [0.2, 0.25) is 0 Å². The molecule has 28 atom stereocenters. The highest BCUT2D eigenvalue weighted by atomic mass is 16.7. The zero-order valence-electron chi connectivity index (χ0n) is 53.4. The number of carbonyl (C=O) groups is 2. The van der Waals surface area contributed by atoms with Crippen LogP contribution >= 0.6 is 0 Å². The van der Waals surface area contributed by atoms with Gasteiger partial charge in [0, 0.05) is 63.7 Å². The minimum Gasteiger partial charge on any atom is -0.462 e. The molecule has 29 nitrogen and oxygen atoms in total. The van der Waals surface area contributed by atoms with Gasteiger partial charge >= 0.3 is 5.97 Å². The number of likely N-dealkylation sites (N-methyl/N-ethyl adjacent to an activating group) is 1. The molecule has 6 aliphatic rings. The first-order valence-corrected chi connectivity index (χ1v) is 32.1. The molecule has 530 valence electrons. The molecule has 93 heavy (non-hydrogen) atoms. The van der Waals surface area contributed by atoms with E-state index in [9.17, 15) is 96.4 Å². The normalized spacial score (nSPS) is 44.2. The van der Waals surface area contributed by atoms with Crippen LogP contribution in [0.25, 0.3) is 0 Å². The van der Waals surface area contributed by atoms with Gasteiger partial charge < -0.3 is 135 Å². The SMILES string of the molecule is CC1[C@H](C)OC(=O)C[C@H](O)C[C@H](O)CC[C@@H](O)[C@H](O)C[C@H](O)C[C@]2(O)C[C@H](O)C(C(=O)N3CCN(C)CC3)C(C[C@@H](OC3O[C@H](C)[C@@H](O)[C@H](NC[C@@]4(O)OC[C@@H](O)[C@@H](OC5O[C@H](CO)[C@@H](O)[C@H](O)[C@H]5O)[C@@H]4O)[C@@H]3O)C=CC=CC=CC=CC=CC=CC=C[C@H](C)[C@H]1O)O2. The molecule has 5 fully saturated rings. The number of carbonyl (C=O) groups excluding carboxylic acids is 2. The largest absolute Gasteiger partial charge is 0.462 e. The molecule has 29 heteroatoms. The molecule has 5 saturated heterocycles. The van der Waals surface area contributed by atoms with Crippen molar-refractivity contribution in [2.45, 2.75) is 231 Å². The lowest BCUT2D eigenvalue weighted by Gasteiger charge is -2.48. The molecule has 5 unspecified atom stereocenters. The third-order valence-corrected chi connectivity index (χ3v) is 18.2. The Morgan fingerprint density at radius 1 is 0.613 bits per heavy atom. The van der Waals surface area contributed by atoms with Crippen molar-refractivity contribution in [3.63, 3.8) is 0 Å². The van der Waals surface area contributed by atoms with E-state index in [0.29, 0.717) is 13.1 Å². The summed E-state index contributed by atoms with van der Waals surface area (Å²) >= 11 is 0. The van der Waals surface area contributed by atoms with Crippen LogP contribution in [-0.2, 0) is 42.7 Å². The summed E-state index contributed by atoms with van der Waals surface area (Å²) in [6, 6.07) is -1.46. The van der Waals surface area contributed by atoms with Gasteiger partial charge in [-0.2, -0.15) is 0 Å². The Morgan fingerprint density at radius 2 is 1.22 bits per heavy atom. The molecule has 0 aromatic rings. The Balaban J connectivity index is 1.26. The summed E-state index contributed by atoms with van der Waals surface area (Å²) in [6.07, 6.45) is -13.2. The zero-order valence-corrected chi connectivity index (χ0v) is 53.4. The standard InChI is InChI=1S/C64H103N3O26/c1-35-18-16-14-12-10-8-6-7-9-11-13-15-17-19-42(90-61-55(80)51(53(78)38(4)89-61)65-34-64(86)59(83)58(46(75)33-87-64)92-62-57(82)56(81)54(79)48(32-68)91-62)29-47-50(60(84)67-24-22-66(5)23-25-67)45(74)31-63(85,93-47)30-41(71)27-44(73)43(72)21-20-39(69)26-40(70)28-49(76)88-37(3)36(2)52(35)77/h6-19,35-48,50-59,61-62,65,68-75,77-83,85-86H,20-34H2,1-5H3/t35-,36?,37-,38+,39+,40+,41-,42-,43+,44+,45-,46+,47?,48+,50?,51-,52+,53+,54+,55-,56-,57+,58+,59-,61?,62?,63+,64+/m0/s1. The highest BCUT2D eigenvalue weighted by Gasteiger charge is 2.56. The summed E-state index contributed by atoms with van der Waals surface area (Å²) in [5, 5.41) is 191. The number of rotatable bonds is 9. The number of hydrogen-bond acceptors (Lipinski definition) is 28. The van der Waals surface area contributed by atoms with E-state index in [1.165, 1.54) is 13.0 Å². The van der Waals surface area contributed by atoms with Crippen molar-refractivity contribution in [2.75, 3.05) is 53.0 Å². The molecular weight excluding hydrogens is 1230 g/mol.